The highest BCUT2D eigenvalue weighted by atomic mass is 19.1. The fraction of sp³-hybridized carbons (Fsp3) is 0.222. The third-order valence-electron chi connectivity index (χ3n) is 1.97. The van der Waals surface area contributed by atoms with Gasteiger partial charge in [0.15, 0.2) is 0 Å². The van der Waals surface area contributed by atoms with Crippen molar-refractivity contribution in [3.05, 3.63) is 39.2 Å². The van der Waals surface area contributed by atoms with Crippen LogP contribution in [0.4, 0.5) is 10.1 Å². The van der Waals surface area contributed by atoms with Gasteiger partial charge in [0.2, 0.25) is 5.82 Å². The summed E-state index contributed by atoms with van der Waals surface area (Å²) in [5.74, 6) is -1.73. The van der Waals surface area contributed by atoms with E-state index >= 15 is 0 Å². The zero-order valence-electron chi connectivity index (χ0n) is 8.11. The smallest absolute Gasteiger partial charge is 0.338 e. The minimum atomic E-state index is -1.01. The number of carbonyl (C=O) groups excluding carboxylic acids is 1. The van der Waals surface area contributed by atoms with Gasteiger partial charge in [-0.1, -0.05) is 0 Å². The predicted octanol–water partition coefficient (Wildman–Crippen LogP) is 1.83. The summed E-state index contributed by atoms with van der Waals surface area (Å²) in [7, 11) is 1.15. The topological polar surface area (TPSA) is 69.4 Å². The number of methoxy groups -OCH3 is 1. The molecule has 15 heavy (non-hydrogen) atoms. The third kappa shape index (κ3) is 1.93. The molecule has 0 aliphatic rings. The molecule has 0 amide bonds. The Bertz CT molecular complexity index is 430. The summed E-state index contributed by atoms with van der Waals surface area (Å²) >= 11 is 0. The van der Waals surface area contributed by atoms with Crippen molar-refractivity contribution in [3.63, 3.8) is 0 Å². The van der Waals surface area contributed by atoms with E-state index in [2.05, 4.69) is 4.74 Å². The van der Waals surface area contributed by atoms with E-state index in [1.165, 1.54) is 13.0 Å². The first-order valence-electron chi connectivity index (χ1n) is 4.00. The van der Waals surface area contributed by atoms with Crippen LogP contribution in [0.5, 0.6) is 0 Å². The highest BCUT2D eigenvalue weighted by Gasteiger charge is 2.21. The lowest BCUT2D eigenvalue weighted by molar-refractivity contribution is -0.387. The maximum Gasteiger partial charge on any atom is 0.338 e. The van der Waals surface area contributed by atoms with Gasteiger partial charge in [-0.25, -0.2) is 4.79 Å². The maximum absolute atomic E-state index is 13.4. The summed E-state index contributed by atoms with van der Waals surface area (Å²) in [6.07, 6.45) is 0. The normalized spacial score (nSPS) is 9.80. The Hall–Kier alpha value is -1.98. The first-order chi connectivity index (χ1) is 6.99. The first kappa shape index (κ1) is 11.1. The number of hydrogen-bond donors (Lipinski definition) is 0. The lowest BCUT2D eigenvalue weighted by Gasteiger charge is -2.04. The van der Waals surface area contributed by atoms with Crippen LogP contribution < -0.4 is 0 Å². The van der Waals surface area contributed by atoms with Gasteiger partial charge in [0.25, 0.3) is 0 Å². The molecule has 0 radical (unpaired) electrons. The zero-order valence-corrected chi connectivity index (χ0v) is 8.11. The van der Waals surface area contributed by atoms with Crippen molar-refractivity contribution >= 4 is 11.7 Å². The van der Waals surface area contributed by atoms with Gasteiger partial charge in [-0.05, 0) is 13.0 Å². The van der Waals surface area contributed by atoms with E-state index in [0.29, 0.717) is 0 Å². The van der Waals surface area contributed by atoms with E-state index in [0.717, 1.165) is 13.2 Å². The number of nitro benzene ring substituents is 1. The van der Waals surface area contributed by atoms with Crippen LogP contribution in [0.2, 0.25) is 0 Å². The van der Waals surface area contributed by atoms with E-state index in [4.69, 9.17) is 0 Å². The van der Waals surface area contributed by atoms with Crippen molar-refractivity contribution in [3.8, 4) is 0 Å². The second-order valence-corrected chi connectivity index (χ2v) is 2.82. The van der Waals surface area contributed by atoms with Crippen molar-refractivity contribution < 1.29 is 18.8 Å². The molecule has 0 spiro atoms. The van der Waals surface area contributed by atoms with E-state index in [1.54, 1.807) is 0 Å². The van der Waals surface area contributed by atoms with Gasteiger partial charge in [0.1, 0.15) is 0 Å². The molecule has 0 aliphatic carbocycles. The molecule has 1 aromatic carbocycles. The number of hydrogen-bond acceptors (Lipinski definition) is 4. The number of halogens is 1. The zero-order chi connectivity index (χ0) is 11.6. The third-order valence-corrected chi connectivity index (χ3v) is 1.97. The van der Waals surface area contributed by atoms with Crippen LogP contribution in [0.1, 0.15) is 15.9 Å². The minimum absolute atomic E-state index is 0.0133. The van der Waals surface area contributed by atoms with Gasteiger partial charge in [-0.3, -0.25) is 10.1 Å². The van der Waals surface area contributed by atoms with Gasteiger partial charge in [-0.15, -0.1) is 0 Å². The van der Waals surface area contributed by atoms with Gasteiger partial charge in [0, 0.05) is 11.6 Å². The lowest BCUT2D eigenvalue weighted by atomic mass is 10.1. The Morgan fingerprint density at radius 1 is 1.53 bits per heavy atom. The lowest BCUT2D eigenvalue weighted by Crippen LogP contribution is -2.06. The molecule has 0 aliphatic heterocycles. The van der Waals surface area contributed by atoms with Crippen molar-refractivity contribution in [1.82, 2.24) is 0 Å². The monoisotopic (exact) mass is 213 g/mol. The molecule has 0 saturated carbocycles. The van der Waals surface area contributed by atoms with E-state index in [1.807, 2.05) is 0 Å². The number of esters is 1. The summed E-state index contributed by atoms with van der Waals surface area (Å²) in [4.78, 5) is 20.6. The van der Waals surface area contributed by atoms with Crippen molar-refractivity contribution in [2.75, 3.05) is 7.11 Å². The molecule has 0 saturated heterocycles. The van der Waals surface area contributed by atoms with Crippen LogP contribution in [0, 0.1) is 22.9 Å². The number of benzene rings is 1. The van der Waals surface area contributed by atoms with E-state index < -0.39 is 22.4 Å². The van der Waals surface area contributed by atoms with Crippen molar-refractivity contribution in [2.24, 2.45) is 0 Å². The summed E-state index contributed by atoms with van der Waals surface area (Å²) < 4.78 is 17.8. The molecule has 0 atom stereocenters. The van der Waals surface area contributed by atoms with Crippen LogP contribution in [0.25, 0.3) is 0 Å². The average molecular weight is 213 g/mol. The van der Waals surface area contributed by atoms with Crippen LogP contribution >= 0.6 is 0 Å². The largest absolute Gasteiger partial charge is 0.465 e. The number of rotatable bonds is 2. The Morgan fingerprint density at radius 2 is 2.13 bits per heavy atom. The molecular formula is C9H8FNO4. The molecule has 0 unspecified atom stereocenters. The van der Waals surface area contributed by atoms with Gasteiger partial charge in [0.05, 0.1) is 17.6 Å². The summed E-state index contributed by atoms with van der Waals surface area (Å²) in [5.41, 5.74) is -0.753. The molecule has 1 aromatic rings. The molecule has 1 rings (SSSR count). The van der Waals surface area contributed by atoms with Crippen LogP contribution in [-0.2, 0) is 4.74 Å². The van der Waals surface area contributed by atoms with Gasteiger partial charge >= 0.3 is 11.7 Å². The Morgan fingerprint density at radius 3 is 2.60 bits per heavy atom. The molecule has 0 fully saturated rings. The minimum Gasteiger partial charge on any atom is -0.465 e. The van der Waals surface area contributed by atoms with Crippen LogP contribution in [0.3, 0.4) is 0 Å². The molecule has 5 nitrogen and oxygen atoms in total. The molecule has 0 bridgehead atoms. The van der Waals surface area contributed by atoms with Gasteiger partial charge in [-0.2, -0.15) is 4.39 Å². The number of nitro groups is 1. The molecule has 6 heteroatoms. The Balaban J connectivity index is 3.33. The van der Waals surface area contributed by atoms with Crippen molar-refractivity contribution in [2.45, 2.75) is 6.92 Å². The first-order valence-corrected chi connectivity index (χ1v) is 4.00. The predicted molar refractivity (Wildman–Crippen MR) is 49.1 cm³/mol. The van der Waals surface area contributed by atoms with Crippen molar-refractivity contribution in [1.29, 1.82) is 0 Å². The quantitative estimate of drug-likeness (QED) is 0.427. The molecular weight excluding hydrogens is 205 g/mol. The summed E-state index contributed by atoms with van der Waals surface area (Å²) in [6.45, 7) is 1.29. The number of nitrogens with zero attached hydrogens (tertiary/aromatic N) is 1. The molecule has 80 valence electrons. The highest BCUT2D eigenvalue weighted by molar-refractivity contribution is 5.91. The SMILES string of the molecule is COC(=O)c1ccc([N+](=O)[O-])c(F)c1C. The second-order valence-electron chi connectivity index (χ2n) is 2.82. The highest BCUT2D eigenvalue weighted by Crippen LogP contribution is 2.23. The molecule has 0 N–H and O–H groups in total. The standard InChI is InChI=1S/C9H8FNO4/c1-5-6(9(12)15-2)3-4-7(8(5)10)11(13)14/h3-4H,1-2H3. The maximum atomic E-state index is 13.4. The van der Waals surface area contributed by atoms with Crippen LogP contribution in [-0.4, -0.2) is 18.0 Å². The Kier molecular flexibility index (Phi) is 2.99. The van der Waals surface area contributed by atoms with E-state index in [-0.39, 0.29) is 11.1 Å². The summed E-state index contributed by atoms with van der Waals surface area (Å²) in [6, 6.07) is 2.11. The average Bonchev–Trinajstić information content (AvgIpc) is 2.20. The fourth-order valence-electron chi connectivity index (χ4n) is 1.14. The molecule has 0 aromatic heterocycles. The van der Waals surface area contributed by atoms with E-state index in [9.17, 15) is 19.3 Å². The van der Waals surface area contributed by atoms with Crippen LogP contribution in [0.15, 0.2) is 12.1 Å². The summed E-state index contributed by atoms with van der Waals surface area (Å²) in [5, 5.41) is 10.4. The Labute approximate surface area is 84.6 Å². The number of carbonyl (C=O) groups is 1. The fourth-order valence-corrected chi connectivity index (χ4v) is 1.14. The number of ether oxygens (including phenoxy) is 1. The van der Waals surface area contributed by atoms with Gasteiger partial charge < -0.3 is 4.74 Å². The second kappa shape index (κ2) is 4.04. The molecule has 0 heterocycles.